The Morgan fingerprint density at radius 2 is 2.52 bits per heavy atom. The maximum atomic E-state index is 12.5. The number of thiophene rings is 1. The highest BCUT2D eigenvalue weighted by atomic mass is 32.1. The molecule has 4 nitrogen and oxygen atoms in total. The van der Waals surface area contributed by atoms with Crippen LogP contribution in [0.4, 0.5) is 0 Å². The van der Waals surface area contributed by atoms with E-state index in [-0.39, 0.29) is 11.5 Å². The minimum absolute atomic E-state index is 0.108. The van der Waals surface area contributed by atoms with Crippen LogP contribution in [-0.4, -0.2) is 49.8 Å². The Bertz CT molecular complexity index is 476. The molecular weight excluding hydrogens is 286 g/mol. The summed E-state index contributed by atoms with van der Waals surface area (Å²) in [6.45, 7) is 3.20. The van der Waals surface area contributed by atoms with E-state index in [1.165, 1.54) is 11.3 Å². The molecule has 2 aliphatic heterocycles. The van der Waals surface area contributed by atoms with Crippen molar-refractivity contribution < 1.29 is 14.3 Å². The summed E-state index contributed by atoms with van der Waals surface area (Å²) in [5, 5.41) is 1.96. The first-order chi connectivity index (χ1) is 10.2. The molecule has 3 heterocycles. The largest absolute Gasteiger partial charge is 0.385 e. The Morgan fingerprint density at radius 1 is 1.62 bits per heavy atom. The van der Waals surface area contributed by atoms with Gasteiger partial charge in [0.2, 0.25) is 0 Å². The zero-order chi connectivity index (χ0) is 14.7. The molecule has 0 bridgehead atoms. The second-order valence-electron chi connectivity index (χ2n) is 6.15. The maximum absolute atomic E-state index is 12.5. The monoisotopic (exact) mass is 309 g/mol. The standard InChI is InChI=1S/C16H23NO3S/c1-19-8-5-13-10-16(20-11-13)6-3-7-17(12-16)15(18)14-4-2-9-21-14/h2,4,9,13H,3,5-8,10-12H2,1H3/t13-,16+/m0/s1. The van der Waals surface area contributed by atoms with E-state index in [0.29, 0.717) is 5.92 Å². The number of carbonyl (C=O) groups excluding carboxylic acids is 1. The first kappa shape index (κ1) is 15.0. The van der Waals surface area contributed by atoms with Gasteiger partial charge in [-0.2, -0.15) is 0 Å². The SMILES string of the molecule is COCC[C@@H]1CO[C@]2(CCCN(C(=O)c3cccs3)C2)C1. The summed E-state index contributed by atoms with van der Waals surface area (Å²) in [6, 6.07) is 3.84. The van der Waals surface area contributed by atoms with Gasteiger partial charge in [-0.05, 0) is 43.0 Å². The predicted molar refractivity (Wildman–Crippen MR) is 82.7 cm³/mol. The molecule has 1 aromatic heterocycles. The fraction of sp³-hybridized carbons (Fsp3) is 0.688. The first-order valence-electron chi connectivity index (χ1n) is 7.68. The van der Waals surface area contributed by atoms with E-state index in [4.69, 9.17) is 9.47 Å². The third-order valence-electron chi connectivity index (χ3n) is 4.57. The van der Waals surface area contributed by atoms with Crippen molar-refractivity contribution in [2.75, 3.05) is 33.4 Å². The van der Waals surface area contributed by atoms with E-state index in [1.54, 1.807) is 7.11 Å². The van der Waals surface area contributed by atoms with E-state index in [9.17, 15) is 4.79 Å². The molecule has 0 saturated carbocycles. The van der Waals surface area contributed by atoms with Crippen LogP contribution >= 0.6 is 11.3 Å². The second kappa shape index (κ2) is 6.46. The van der Waals surface area contributed by atoms with Crippen LogP contribution in [0.1, 0.15) is 35.4 Å². The molecule has 1 aromatic rings. The lowest BCUT2D eigenvalue weighted by molar-refractivity contribution is -0.0449. The molecule has 0 unspecified atom stereocenters. The molecular formula is C16H23NO3S. The summed E-state index contributed by atoms with van der Waals surface area (Å²) in [7, 11) is 1.74. The van der Waals surface area contributed by atoms with Gasteiger partial charge in [-0.15, -0.1) is 11.3 Å². The number of hydrogen-bond donors (Lipinski definition) is 0. The van der Waals surface area contributed by atoms with Crippen LogP contribution in [0.5, 0.6) is 0 Å². The van der Waals surface area contributed by atoms with Crippen molar-refractivity contribution >= 4 is 17.2 Å². The second-order valence-corrected chi connectivity index (χ2v) is 7.10. The maximum Gasteiger partial charge on any atom is 0.264 e. The van der Waals surface area contributed by atoms with Crippen molar-refractivity contribution in [1.29, 1.82) is 0 Å². The average molecular weight is 309 g/mol. The van der Waals surface area contributed by atoms with Crippen LogP contribution in [0.25, 0.3) is 0 Å². The number of methoxy groups -OCH3 is 1. The Hall–Kier alpha value is -0.910. The third-order valence-corrected chi connectivity index (χ3v) is 5.43. The lowest BCUT2D eigenvalue weighted by atomic mass is 9.85. The molecule has 2 saturated heterocycles. The van der Waals surface area contributed by atoms with Gasteiger partial charge < -0.3 is 14.4 Å². The van der Waals surface area contributed by atoms with Crippen molar-refractivity contribution in [2.45, 2.75) is 31.3 Å². The topological polar surface area (TPSA) is 38.8 Å². The molecule has 2 fully saturated rings. The minimum Gasteiger partial charge on any atom is -0.385 e. The van der Waals surface area contributed by atoms with Gasteiger partial charge in [-0.25, -0.2) is 0 Å². The van der Waals surface area contributed by atoms with Crippen LogP contribution < -0.4 is 0 Å². The van der Waals surface area contributed by atoms with Crippen LogP contribution in [0, 0.1) is 5.92 Å². The summed E-state index contributed by atoms with van der Waals surface area (Å²) >= 11 is 1.52. The molecule has 2 atom stereocenters. The molecule has 116 valence electrons. The molecule has 21 heavy (non-hydrogen) atoms. The fourth-order valence-corrected chi connectivity index (χ4v) is 4.21. The van der Waals surface area contributed by atoms with Gasteiger partial charge >= 0.3 is 0 Å². The van der Waals surface area contributed by atoms with Crippen molar-refractivity contribution in [3.8, 4) is 0 Å². The lowest BCUT2D eigenvalue weighted by Gasteiger charge is -2.39. The molecule has 0 N–H and O–H groups in total. The van der Waals surface area contributed by atoms with E-state index in [1.807, 2.05) is 22.4 Å². The van der Waals surface area contributed by atoms with Crippen LogP contribution in [0.15, 0.2) is 17.5 Å². The quantitative estimate of drug-likeness (QED) is 0.858. The van der Waals surface area contributed by atoms with Gasteiger partial charge in [-0.3, -0.25) is 4.79 Å². The molecule has 3 rings (SSSR count). The first-order valence-corrected chi connectivity index (χ1v) is 8.56. The van der Waals surface area contributed by atoms with Crippen molar-refractivity contribution in [1.82, 2.24) is 4.90 Å². The summed E-state index contributed by atoms with van der Waals surface area (Å²) in [5.41, 5.74) is -0.108. The molecule has 0 radical (unpaired) electrons. The number of rotatable bonds is 4. The summed E-state index contributed by atoms with van der Waals surface area (Å²) in [5.74, 6) is 0.731. The van der Waals surface area contributed by atoms with Gasteiger partial charge in [0, 0.05) is 20.3 Å². The van der Waals surface area contributed by atoms with Crippen molar-refractivity contribution in [3.63, 3.8) is 0 Å². The number of hydrogen-bond acceptors (Lipinski definition) is 4. The Kier molecular flexibility index (Phi) is 4.62. The normalized spacial score (nSPS) is 29.2. The van der Waals surface area contributed by atoms with E-state index >= 15 is 0 Å². The Balaban J connectivity index is 1.62. The Labute approximate surface area is 130 Å². The number of nitrogens with zero attached hydrogens (tertiary/aromatic N) is 1. The smallest absolute Gasteiger partial charge is 0.264 e. The zero-order valence-corrected chi connectivity index (χ0v) is 13.4. The van der Waals surface area contributed by atoms with E-state index in [0.717, 1.165) is 56.9 Å². The third kappa shape index (κ3) is 3.30. The Morgan fingerprint density at radius 3 is 3.29 bits per heavy atom. The summed E-state index contributed by atoms with van der Waals surface area (Å²) in [4.78, 5) is 15.3. The number of likely N-dealkylation sites (tertiary alicyclic amines) is 1. The molecule has 0 aliphatic carbocycles. The molecule has 1 spiro atoms. The van der Waals surface area contributed by atoms with Gasteiger partial charge in [0.25, 0.3) is 5.91 Å². The van der Waals surface area contributed by atoms with E-state index in [2.05, 4.69) is 0 Å². The van der Waals surface area contributed by atoms with Crippen molar-refractivity contribution in [2.24, 2.45) is 5.92 Å². The highest BCUT2D eigenvalue weighted by Crippen LogP contribution is 2.39. The highest BCUT2D eigenvalue weighted by molar-refractivity contribution is 7.12. The summed E-state index contributed by atoms with van der Waals surface area (Å²) < 4.78 is 11.3. The van der Waals surface area contributed by atoms with Crippen LogP contribution in [0.3, 0.4) is 0 Å². The average Bonchev–Trinajstić information content (AvgIpc) is 3.15. The molecule has 2 aliphatic rings. The lowest BCUT2D eigenvalue weighted by Crippen LogP contribution is -2.50. The van der Waals surface area contributed by atoms with E-state index < -0.39 is 0 Å². The predicted octanol–water partition coefficient (Wildman–Crippen LogP) is 2.80. The van der Waals surface area contributed by atoms with Gasteiger partial charge in [-0.1, -0.05) is 6.07 Å². The number of amides is 1. The van der Waals surface area contributed by atoms with Crippen LogP contribution in [-0.2, 0) is 9.47 Å². The van der Waals surface area contributed by atoms with Crippen molar-refractivity contribution in [3.05, 3.63) is 22.4 Å². The number of carbonyl (C=O) groups is 1. The summed E-state index contributed by atoms with van der Waals surface area (Å²) in [6.07, 6.45) is 4.22. The van der Waals surface area contributed by atoms with Gasteiger partial charge in [0.15, 0.2) is 0 Å². The zero-order valence-electron chi connectivity index (χ0n) is 12.5. The fourth-order valence-electron chi connectivity index (χ4n) is 3.52. The van der Waals surface area contributed by atoms with Gasteiger partial charge in [0.05, 0.1) is 23.6 Å². The van der Waals surface area contributed by atoms with Crippen LogP contribution in [0.2, 0.25) is 0 Å². The minimum atomic E-state index is -0.108. The molecule has 5 heteroatoms. The van der Waals surface area contributed by atoms with Gasteiger partial charge in [0.1, 0.15) is 0 Å². The number of ether oxygens (including phenoxy) is 2. The molecule has 0 aromatic carbocycles. The molecule has 1 amide bonds. The number of piperidine rings is 1. The highest BCUT2D eigenvalue weighted by Gasteiger charge is 2.44.